The summed E-state index contributed by atoms with van der Waals surface area (Å²) in [4.78, 5) is 4.28. The minimum atomic E-state index is -0.000983. The molecule has 23 heavy (non-hydrogen) atoms. The Balaban J connectivity index is 2.35. The number of pyridine rings is 1. The van der Waals surface area contributed by atoms with Gasteiger partial charge >= 0.3 is 0 Å². The molecule has 4 rings (SSSR count). The summed E-state index contributed by atoms with van der Waals surface area (Å²) in [6.45, 7) is 5.03. The lowest BCUT2D eigenvalue weighted by Gasteiger charge is -2.14. The van der Waals surface area contributed by atoms with E-state index in [2.05, 4.69) is 47.1 Å². The lowest BCUT2D eigenvalue weighted by Crippen LogP contribution is -2.14. The Morgan fingerprint density at radius 2 is 1.96 bits per heavy atom. The van der Waals surface area contributed by atoms with E-state index in [9.17, 15) is 5.11 Å². The fourth-order valence-corrected chi connectivity index (χ4v) is 3.61. The second-order valence-electron chi connectivity index (χ2n) is 5.77. The molecule has 4 heteroatoms. The van der Waals surface area contributed by atoms with E-state index in [4.69, 9.17) is 0 Å². The van der Waals surface area contributed by atoms with Crippen molar-refractivity contribution in [2.75, 3.05) is 12.0 Å². The van der Waals surface area contributed by atoms with E-state index in [1.807, 2.05) is 18.3 Å². The van der Waals surface area contributed by atoms with Crippen LogP contribution in [0.1, 0.15) is 18.1 Å². The van der Waals surface area contributed by atoms with E-state index in [1.165, 1.54) is 16.3 Å². The highest BCUT2D eigenvalue weighted by molar-refractivity contribution is 6.17. The van der Waals surface area contributed by atoms with Crippen LogP contribution in [0.5, 0.6) is 0 Å². The zero-order valence-electron chi connectivity index (χ0n) is 13.3. The molecular formula is C19H19N3O. The predicted octanol–water partition coefficient (Wildman–Crippen LogP) is 3.71. The molecule has 0 bridgehead atoms. The molecule has 0 radical (unpaired) electrons. The largest absolute Gasteiger partial charge is 0.392 e. The van der Waals surface area contributed by atoms with Crippen LogP contribution >= 0.6 is 0 Å². The molecule has 116 valence electrons. The molecule has 0 aliphatic heterocycles. The molecular weight excluding hydrogens is 286 g/mol. The highest BCUT2D eigenvalue weighted by Gasteiger charge is 2.19. The maximum absolute atomic E-state index is 10.1. The van der Waals surface area contributed by atoms with E-state index >= 15 is 0 Å². The van der Waals surface area contributed by atoms with Gasteiger partial charge in [0.2, 0.25) is 0 Å². The van der Waals surface area contributed by atoms with Crippen molar-refractivity contribution in [2.45, 2.75) is 20.5 Å². The van der Waals surface area contributed by atoms with Gasteiger partial charge in [-0.3, -0.25) is 9.66 Å². The van der Waals surface area contributed by atoms with Gasteiger partial charge in [0.1, 0.15) is 0 Å². The van der Waals surface area contributed by atoms with Crippen molar-refractivity contribution in [1.82, 2.24) is 9.66 Å². The maximum Gasteiger partial charge on any atom is 0.0770 e. The molecule has 0 saturated heterocycles. The summed E-state index contributed by atoms with van der Waals surface area (Å²) in [5.74, 6) is 0. The number of aromatic nitrogens is 2. The molecule has 2 heterocycles. The zero-order chi connectivity index (χ0) is 16.0. The molecule has 2 aromatic heterocycles. The van der Waals surface area contributed by atoms with Crippen molar-refractivity contribution in [2.24, 2.45) is 0 Å². The standard InChI is InChI=1S/C19H19N3O/c1-3-21-22-17-7-5-4-6-14(17)18-12(2)15-10-20-9-8-13(15)16(11-23)19(18)22/h4-10,21,23H,3,11H2,1-2H3. The lowest BCUT2D eigenvalue weighted by atomic mass is 9.96. The summed E-state index contributed by atoms with van der Waals surface area (Å²) in [5, 5.41) is 14.6. The quantitative estimate of drug-likeness (QED) is 0.606. The number of aryl methyl sites for hydroxylation is 1. The van der Waals surface area contributed by atoms with Crippen molar-refractivity contribution in [3.8, 4) is 0 Å². The van der Waals surface area contributed by atoms with Crippen LogP contribution in [0.15, 0.2) is 42.7 Å². The number of nitrogens with one attached hydrogen (secondary N) is 1. The minimum absolute atomic E-state index is 0.000983. The van der Waals surface area contributed by atoms with Gasteiger partial charge in [0.15, 0.2) is 0 Å². The van der Waals surface area contributed by atoms with Crippen molar-refractivity contribution in [3.05, 3.63) is 53.9 Å². The van der Waals surface area contributed by atoms with E-state index in [-0.39, 0.29) is 6.61 Å². The summed E-state index contributed by atoms with van der Waals surface area (Å²) in [5.41, 5.74) is 7.77. The van der Waals surface area contributed by atoms with Crippen molar-refractivity contribution < 1.29 is 5.11 Å². The number of hydrogen-bond donors (Lipinski definition) is 2. The highest BCUT2D eigenvalue weighted by atomic mass is 16.3. The lowest BCUT2D eigenvalue weighted by molar-refractivity contribution is 0.284. The molecule has 0 saturated carbocycles. The third-order valence-electron chi connectivity index (χ3n) is 4.56. The van der Waals surface area contributed by atoms with Gasteiger partial charge < -0.3 is 10.5 Å². The molecule has 0 unspecified atom stereocenters. The summed E-state index contributed by atoms with van der Waals surface area (Å²) in [6, 6.07) is 10.3. The number of para-hydroxylation sites is 1. The number of nitrogens with zero attached hydrogens (tertiary/aromatic N) is 2. The topological polar surface area (TPSA) is 50.1 Å². The van der Waals surface area contributed by atoms with E-state index in [1.54, 1.807) is 6.20 Å². The van der Waals surface area contributed by atoms with Crippen LogP contribution in [-0.2, 0) is 6.61 Å². The average molecular weight is 305 g/mol. The Morgan fingerprint density at radius 3 is 2.74 bits per heavy atom. The van der Waals surface area contributed by atoms with Crippen LogP contribution < -0.4 is 5.43 Å². The van der Waals surface area contributed by atoms with E-state index < -0.39 is 0 Å². The summed E-state index contributed by atoms with van der Waals surface area (Å²) >= 11 is 0. The van der Waals surface area contributed by atoms with Gasteiger partial charge in [0.25, 0.3) is 0 Å². The first kappa shape index (κ1) is 14.0. The fraction of sp³-hybridized carbons (Fsp3) is 0.211. The van der Waals surface area contributed by atoms with Gasteiger partial charge in [-0.2, -0.15) is 0 Å². The highest BCUT2D eigenvalue weighted by Crippen LogP contribution is 2.38. The summed E-state index contributed by atoms with van der Waals surface area (Å²) in [7, 11) is 0. The van der Waals surface area contributed by atoms with Gasteiger partial charge in [-0.25, -0.2) is 0 Å². The number of benzene rings is 2. The van der Waals surface area contributed by atoms with Crippen LogP contribution in [0.25, 0.3) is 32.6 Å². The molecule has 4 aromatic rings. The van der Waals surface area contributed by atoms with Crippen LogP contribution in [0.2, 0.25) is 0 Å². The molecule has 4 nitrogen and oxygen atoms in total. The Hall–Kier alpha value is -2.59. The summed E-state index contributed by atoms with van der Waals surface area (Å²) in [6.07, 6.45) is 3.68. The number of fused-ring (bicyclic) bond motifs is 4. The van der Waals surface area contributed by atoms with Gasteiger partial charge in [0, 0.05) is 40.7 Å². The second-order valence-corrected chi connectivity index (χ2v) is 5.77. The monoisotopic (exact) mass is 305 g/mol. The van der Waals surface area contributed by atoms with Gasteiger partial charge in [-0.15, -0.1) is 0 Å². The van der Waals surface area contributed by atoms with Crippen LogP contribution in [0.4, 0.5) is 0 Å². The number of hydrogen-bond acceptors (Lipinski definition) is 3. The second kappa shape index (κ2) is 5.25. The van der Waals surface area contributed by atoms with Crippen LogP contribution in [0, 0.1) is 6.92 Å². The normalized spacial score (nSPS) is 11.6. The smallest absolute Gasteiger partial charge is 0.0770 e. The SMILES string of the molecule is CCNn1c2ccccc2c2c(C)c3cnccc3c(CO)c21. The van der Waals surface area contributed by atoms with Gasteiger partial charge in [0.05, 0.1) is 17.6 Å². The molecule has 2 aromatic carbocycles. The molecule has 0 spiro atoms. The van der Waals surface area contributed by atoms with Gasteiger partial charge in [-0.05, 0) is 36.9 Å². The average Bonchev–Trinajstić information content (AvgIpc) is 2.91. The number of rotatable bonds is 3. The van der Waals surface area contributed by atoms with Gasteiger partial charge in [-0.1, -0.05) is 18.2 Å². The van der Waals surface area contributed by atoms with Crippen molar-refractivity contribution in [1.29, 1.82) is 0 Å². The van der Waals surface area contributed by atoms with Crippen LogP contribution in [0.3, 0.4) is 0 Å². The Morgan fingerprint density at radius 1 is 1.13 bits per heavy atom. The minimum Gasteiger partial charge on any atom is -0.392 e. The Kier molecular flexibility index (Phi) is 3.20. The number of aliphatic hydroxyl groups is 1. The molecule has 0 aliphatic rings. The van der Waals surface area contributed by atoms with E-state index in [0.717, 1.165) is 33.9 Å². The Labute approximate surface area is 134 Å². The first-order valence-electron chi connectivity index (χ1n) is 7.91. The molecule has 0 atom stereocenters. The van der Waals surface area contributed by atoms with E-state index in [0.29, 0.717) is 0 Å². The van der Waals surface area contributed by atoms with Crippen molar-refractivity contribution in [3.63, 3.8) is 0 Å². The van der Waals surface area contributed by atoms with Crippen molar-refractivity contribution >= 4 is 32.6 Å². The summed E-state index contributed by atoms with van der Waals surface area (Å²) < 4.78 is 2.11. The molecule has 0 amide bonds. The molecule has 0 fully saturated rings. The fourth-order valence-electron chi connectivity index (χ4n) is 3.61. The predicted molar refractivity (Wildman–Crippen MR) is 95.3 cm³/mol. The number of aliphatic hydroxyl groups excluding tert-OH is 1. The molecule has 0 aliphatic carbocycles. The van der Waals surface area contributed by atoms with Crippen LogP contribution in [-0.4, -0.2) is 21.3 Å². The third-order valence-corrected chi connectivity index (χ3v) is 4.56. The first-order valence-corrected chi connectivity index (χ1v) is 7.91. The Bertz CT molecular complexity index is 1030. The molecule has 2 N–H and O–H groups in total. The zero-order valence-corrected chi connectivity index (χ0v) is 13.3. The maximum atomic E-state index is 10.1. The third kappa shape index (κ3) is 1.85. The first-order chi connectivity index (χ1) is 11.3.